The van der Waals surface area contributed by atoms with Gasteiger partial charge in [-0.05, 0) is 25.5 Å². The molecule has 0 amide bonds. The second-order valence-electron chi connectivity index (χ2n) is 5.36. The highest BCUT2D eigenvalue weighted by Crippen LogP contribution is 2.20. The highest BCUT2D eigenvalue weighted by Gasteiger charge is 2.31. The lowest BCUT2D eigenvalue weighted by Gasteiger charge is -2.30. The van der Waals surface area contributed by atoms with Crippen molar-refractivity contribution >= 4 is 5.97 Å². The number of ether oxygens (including phenoxy) is 1. The van der Waals surface area contributed by atoms with Crippen LogP contribution in [0.3, 0.4) is 0 Å². The quantitative estimate of drug-likeness (QED) is 0.712. The van der Waals surface area contributed by atoms with Gasteiger partial charge in [0.05, 0.1) is 18.6 Å². The summed E-state index contributed by atoms with van der Waals surface area (Å²) in [6, 6.07) is 6.00. The number of rotatable bonds is 7. The molecule has 1 rings (SSSR count). The molecular weight excluding hydrogens is 254 g/mol. The van der Waals surface area contributed by atoms with Crippen molar-refractivity contribution in [3.63, 3.8) is 0 Å². The van der Waals surface area contributed by atoms with Gasteiger partial charge in [-0.1, -0.05) is 6.07 Å². The van der Waals surface area contributed by atoms with Gasteiger partial charge in [-0.25, -0.2) is 0 Å². The van der Waals surface area contributed by atoms with Crippen molar-refractivity contribution in [1.29, 1.82) is 5.26 Å². The minimum absolute atomic E-state index is 0.245. The smallest absolute Gasteiger partial charge is 0.312 e. The molecule has 0 aliphatic heterocycles. The van der Waals surface area contributed by atoms with Crippen molar-refractivity contribution < 1.29 is 9.53 Å². The predicted octanol–water partition coefficient (Wildman–Crippen LogP) is 2.00. The number of hydrogen-bond donors (Lipinski definition) is 0. The fraction of sp³-hybridized carbons (Fsp3) is 0.533. The molecule has 0 aliphatic carbocycles. The van der Waals surface area contributed by atoms with Crippen LogP contribution >= 0.6 is 0 Å². The second-order valence-corrected chi connectivity index (χ2v) is 5.36. The Morgan fingerprint density at radius 2 is 2.30 bits per heavy atom. The summed E-state index contributed by atoms with van der Waals surface area (Å²) >= 11 is 0. The number of pyridine rings is 1. The number of carbonyl (C=O) groups is 1. The van der Waals surface area contributed by atoms with Gasteiger partial charge in [0.1, 0.15) is 0 Å². The van der Waals surface area contributed by atoms with E-state index in [4.69, 9.17) is 10.00 Å². The number of nitriles is 1. The van der Waals surface area contributed by atoms with Gasteiger partial charge in [-0.15, -0.1) is 0 Å². The molecule has 0 atom stereocenters. The van der Waals surface area contributed by atoms with Gasteiger partial charge < -0.3 is 4.74 Å². The summed E-state index contributed by atoms with van der Waals surface area (Å²) < 4.78 is 4.83. The van der Waals surface area contributed by atoms with Crippen molar-refractivity contribution in [2.75, 3.05) is 20.2 Å². The molecule has 0 N–H and O–H groups in total. The van der Waals surface area contributed by atoms with Gasteiger partial charge in [-0.3, -0.25) is 14.7 Å². The maximum absolute atomic E-state index is 11.8. The van der Waals surface area contributed by atoms with E-state index in [1.54, 1.807) is 12.4 Å². The summed E-state index contributed by atoms with van der Waals surface area (Å²) in [6.45, 7) is 5.51. The van der Waals surface area contributed by atoms with Gasteiger partial charge in [0.25, 0.3) is 0 Å². The first kappa shape index (κ1) is 16.1. The monoisotopic (exact) mass is 275 g/mol. The molecule has 0 bridgehead atoms. The molecule has 0 unspecified atom stereocenters. The van der Waals surface area contributed by atoms with E-state index in [1.165, 1.54) is 7.11 Å². The van der Waals surface area contributed by atoms with E-state index in [1.807, 2.05) is 26.0 Å². The zero-order valence-corrected chi connectivity index (χ0v) is 12.3. The normalized spacial score (nSPS) is 11.2. The van der Waals surface area contributed by atoms with Crippen LogP contribution in [0.15, 0.2) is 24.5 Å². The van der Waals surface area contributed by atoms with Crippen molar-refractivity contribution in [2.45, 2.75) is 26.8 Å². The maximum atomic E-state index is 11.8. The summed E-state index contributed by atoms with van der Waals surface area (Å²) in [7, 11) is 1.39. The van der Waals surface area contributed by atoms with E-state index < -0.39 is 5.41 Å². The van der Waals surface area contributed by atoms with Crippen LogP contribution in [0.1, 0.15) is 25.8 Å². The highest BCUT2D eigenvalue weighted by molar-refractivity contribution is 5.76. The lowest BCUT2D eigenvalue weighted by Crippen LogP contribution is -2.40. The fourth-order valence-electron chi connectivity index (χ4n) is 2.07. The average Bonchev–Trinajstić information content (AvgIpc) is 2.44. The van der Waals surface area contributed by atoms with E-state index in [0.717, 1.165) is 5.56 Å². The molecule has 108 valence electrons. The molecule has 0 saturated heterocycles. The molecule has 1 heterocycles. The molecule has 5 heteroatoms. The average molecular weight is 275 g/mol. The molecule has 0 radical (unpaired) electrons. The molecule has 0 saturated carbocycles. The lowest BCUT2D eigenvalue weighted by molar-refractivity contribution is -0.151. The van der Waals surface area contributed by atoms with Crippen molar-refractivity contribution in [2.24, 2.45) is 5.41 Å². The first-order valence-electron chi connectivity index (χ1n) is 6.56. The summed E-state index contributed by atoms with van der Waals surface area (Å²) in [5.74, 6) is -0.245. The Balaban J connectivity index is 2.74. The van der Waals surface area contributed by atoms with Gasteiger partial charge in [0.2, 0.25) is 0 Å². The Bertz CT molecular complexity index is 466. The van der Waals surface area contributed by atoms with Crippen LogP contribution in [0.25, 0.3) is 0 Å². The molecule has 0 aromatic carbocycles. The van der Waals surface area contributed by atoms with E-state index in [2.05, 4.69) is 16.0 Å². The molecule has 20 heavy (non-hydrogen) atoms. The van der Waals surface area contributed by atoms with Crippen LogP contribution in [0.2, 0.25) is 0 Å². The third-order valence-corrected chi connectivity index (χ3v) is 3.03. The van der Waals surface area contributed by atoms with Crippen LogP contribution in [0.5, 0.6) is 0 Å². The fourth-order valence-corrected chi connectivity index (χ4v) is 2.07. The van der Waals surface area contributed by atoms with Crippen LogP contribution in [0.4, 0.5) is 0 Å². The van der Waals surface area contributed by atoms with Crippen molar-refractivity contribution in [3.05, 3.63) is 30.1 Å². The van der Waals surface area contributed by atoms with E-state index in [0.29, 0.717) is 26.1 Å². The molecule has 0 fully saturated rings. The molecule has 0 aliphatic rings. The first-order chi connectivity index (χ1) is 9.49. The van der Waals surface area contributed by atoms with Gasteiger partial charge >= 0.3 is 5.97 Å². The molecule has 5 nitrogen and oxygen atoms in total. The molecular formula is C15H21N3O2. The Morgan fingerprint density at radius 1 is 1.55 bits per heavy atom. The third-order valence-electron chi connectivity index (χ3n) is 3.03. The topological polar surface area (TPSA) is 66.2 Å². The molecule has 1 aromatic heterocycles. The number of methoxy groups -OCH3 is 1. The number of hydrogen-bond acceptors (Lipinski definition) is 5. The molecule has 1 aromatic rings. The second kappa shape index (κ2) is 7.61. The number of esters is 1. The van der Waals surface area contributed by atoms with Gasteiger partial charge in [0, 0.05) is 38.4 Å². The Kier molecular flexibility index (Phi) is 6.13. The highest BCUT2D eigenvalue weighted by atomic mass is 16.5. The standard InChI is InChI=1S/C15H21N3O2/c1-15(2,14(19)20-3)12-18(9-5-7-16)11-13-6-4-8-17-10-13/h4,6,8,10H,5,9,11-12H2,1-3H3. The van der Waals surface area contributed by atoms with Crippen molar-refractivity contribution in [1.82, 2.24) is 9.88 Å². The summed E-state index contributed by atoms with van der Waals surface area (Å²) in [5.41, 5.74) is 0.456. The van der Waals surface area contributed by atoms with Crippen LogP contribution in [0, 0.1) is 16.7 Å². The zero-order chi connectivity index (χ0) is 15.0. The van der Waals surface area contributed by atoms with Crippen molar-refractivity contribution in [3.8, 4) is 6.07 Å². The van der Waals surface area contributed by atoms with E-state index in [9.17, 15) is 4.79 Å². The van der Waals surface area contributed by atoms with E-state index >= 15 is 0 Å². The SMILES string of the molecule is COC(=O)C(C)(C)CN(CCC#N)Cc1cccnc1. The maximum Gasteiger partial charge on any atom is 0.312 e. The van der Waals surface area contributed by atoms with Gasteiger partial charge in [0.15, 0.2) is 0 Å². The number of aromatic nitrogens is 1. The first-order valence-corrected chi connectivity index (χ1v) is 6.56. The van der Waals surface area contributed by atoms with Gasteiger partial charge in [-0.2, -0.15) is 5.26 Å². The van der Waals surface area contributed by atoms with Crippen LogP contribution in [-0.2, 0) is 16.1 Å². The van der Waals surface area contributed by atoms with Crippen LogP contribution < -0.4 is 0 Å². The van der Waals surface area contributed by atoms with E-state index in [-0.39, 0.29) is 5.97 Å². The lowest BCUT2D eigenvalue weighted by atomic mass is 9.92. The summed E-state index contributed by atoms with van der Waals surface area (Å²) in [5, 5.41) is 8.75. The Hall–Kier alpha value is -1.93. The Morgan fingerprint density at radius 3 is 2.85 bits per heavy atom. The minimum atomic E-state index is -0.605. The van der Waals surface area contributed by atoms with Crippen LogP contribution in [-0.4, -0.2) is 36.1 Å². The summed E-state index contributed by atoms with van der Waals surface area (Å²) in [4.78, 5) is 17.9. The minimum Gasteiger partial charge on any atom is -0.469 e. The zero-order valence-electron chi connectivity index (χ0n) is 12.3. The molecule has 0 spiro atoms. The predicted molar refractivity (Wildman–Crippen MR) is 75.5 cm³/mol. The number of carbonyl (C=O) groups excluding carboxylic acids is 1. The number of nitrogens with zero attached hydrogens (tertiary/aromatic N) is 3. The summed E-state index contributed by atoms with van der Waals surface area (Å²) in [6.07, 6.45) is 3.95. The largest absolute Gasteiger partial charge is 0.469 e. The third kappa shape index (κ3) is 4.98. The Labute approximate surface area is 120 Å².